The topological polar surface area (TPSA) is 227 Å². The number of nitrogens with zero attached hydrogens (tertiary/aromatic N) is 5. The molecule has 0 saturated carbocycles. The van der Waals surface area contributed by atoms with E-state index in [-0.39, 0.29) is 71.6 Å². The molecule has 1 atom stereocenters. The Morgan fingerprint density at radius 1 is 1.03 bits per heavy atom. The number of nitrogens with two attached hydrogens (primary N) is 1. The van der Waals surface area contributed by atoms with Gasteiger partial charge in [0.15, 0.2) is 5.60 Å². The maximum atomic E-state index is 13.7. The number of nitrogens with one attached hydrogen (secondary N) is 1. The van der Waals surface area contributed by atoms with Crippen LogP contribution in [0.15, 0.2) is 71.7 Å². The molecule has 6 aromatic rings. The highest BCUT2D eigenvalue weighted by Gasteiger charge is 2.45. The fraction of sp³-hybridized carbons (Fsp3) is 0.289. The van der Waals surface area contributed by atoms with Crippen LogP contribution in [-0.2, 0) is 41.2 Å². The van der Waals surface area contributed by atoms with Crippen molar-refractivity contribution in [2.75, 3.05) is 18.5 Å². The first-order chi connectivity index (χ1) is 29.1. The SMILES string of the molecule is CCc1c2c(nc3ccc(OC(=O)N(C)CCn4ccc5cc(N(C(=N)c6cc(C(C)C)c(O)cc6O)C(N)=O)ccc54)cc13)-c1cc3c(c(=O)n1C2)COC(=O)C3(O)CC. The van der Waals surface area contributed by atoms with Crippen LogP contribution in [-0.4, -0.2) is 71.9 Å². The summed E-state index contributed by atoms with van der Waals surface area (Å²) in [6.45, 7) is 8.09. The summed E-state index contributed by atoms with van der Waals surface area (Å²) in [6, 6.07) is 15.5. The molecule has 314 valence electrons. The van der Waals surface area contributed by atoms with Crippen LogP contribution in [0.4, 0.5) is 15.3 Å². The molecule has 1 unspecified atom stereocenters. The van der Waals surface area contributed by atoms with Gasteiger partial charge in [-0.15, -0.1) is 0 Å². The van der Waals surface area contributed by atoms with E-state index in [1.807, 2.05) is 37.6 Å². The summed E-state index contributed by atoms with van der Waals surface area (Å²) in [5.74, 6) is -1.42. The Labute approximate surface area is 349 Å². The summed E-state index contributed by atoms with van der Waals surface area (Å²) in [6.07, 6.45) is 1.90. The van der Waals surface area contributed by atoms with Gasteiger partial charge in [0.2, 0.25) is 0 Å². The number of cyclic esters (lactones) is 1. The molecular formula is C45H45N7O9. The molecule has 8 rings (SSSR count). The third-order valence-corrected chi connectivity index (χ3v) is 11.8. The van der Waals surface area contributed by atoms with Gasteiger partial charge in [0.1, 0.15) is 29.7 Å². The van der Waals surface area contributed by atoms with Gasteiger partial charge in [0.25, 0.3) is 5.56 Å². The number of phenolic OH excluding ortho intramolecular Hbond substituents is 2. The fourth-order valence-corrected chi connectivity index (χ4v) is 8.39. The molecule has 6 N–H and O–H groups in total. The number of aryl methyl sites for hydroxylation is 1. The molecule has 0 saturated heterocycles. The Morgan fingerprint density at radius 3 is 2.51 bits per heavy atom. The van der Waals surface area contributed by atoms with E-state index in [0.717, 1.165) is 38.4 Å². The van der Waals surface area contributed by atoms with Crippen LogP contribution in [0.25, 0.3) is 33.2 Å². The number of urea groups is 1. The second kappa shape index (κ2) is 15.1. The minimum Gasteiger partial charge on any atom is -0.508 e. The van der Waals surface area contributed by atoms with Crippen LogP contribution in [0.1, 0.15) is 73.4 Å². The predicted molar refractivity (Wildman–Crippen MR) is 227 cm³/mol. The Bertz CT molecular complexity index is 2920. The Kier molecular flexibility index (Phi) is 10.1. The summed E-state index contributed by atoms with van der Waals surface area (Å²) < 4.78 is 14.6. The maximum absolute atomic E-state index is 13.7. The molecule has 0 fully saturated rings. The predicted octanol–water partition coefficient (Wildman–Crippen LogP) is 6.17. The largest absolute Gasteiger partial charge is 0.508 e. The van der Waals surface area contributed by atoms with E-state index in [2.05, 4.69) is 0 Å². The molecule has 3 amide bonds. The normalized spacial score (nSPS) is 15.4. The van der Waals surface area contributed by atoms with E-state index in [0.29, 0.717) is 46.9 Å². The third-order valence-electron chi connectivity index (χ3n) is 11.8. The van der Waals surface area contributed by atoms with Crippen LogP contribution in [0, 0.1) is 5.41 Å². The standard InChI is InChI=1S/C45H45N7O9/c1-6-27-29-17-26(9-10-34(29)48-39-31(27)21-51-36(39)19-33-32(41(51)55)22-60-42(56)45(33,59)7-2)61-44(58)49(5)14-15-50-13-12-24-16-25(8-11-35(24)50)52(43(47)57)40(46)30-18-28(23(3)4)37(53)20-38(30)54/h8-13,16-20,23,46,53-54,59H,6-7,14-15,21-22H2,1-5H3,(H2,47,57). The highest BCUT2D eigenvalue weighted by Crippen LogP contribution is 2.41. The molecule has 0 spiro atoms. The Hall–Kier alpha value is -7.20. The van der Waals surface area contributed by atoms with Crippen LogP contribution < -0.4 is 20.9 Å². The zero-order valence-corrected chi connectivity index (χ0v) is 34.3. The van der Waals surface area contributed by atoms with Crippen LogP contribution >= 0.6 is 0 Å². The Morgan fingerprint density at radius 2 is 1.80 bits per heavy atom. The zero-order valence-electron chi connectivity index (χ0n) is 34.3. The number of aliphatic hydroxyl groups is 1. The number of anilines is 1. The molecule has 2 aliphatic heterocycles. The van der Waals surface area contributed by atoms with Gasteiger partial charge in [-0.05, 0) is 84.5 Å². The van der Waals surface area contributed by atoms with Crippen molar-refractivity contribution in [3.8, 4) is 28.6 Å². The number of benzene rings is 3. The van der Waals surface area contributed by atoms with Crippen LogP contribution in [0.3, 0.4) is 0 Å². The number of hydrogen-bond donors (Lipinski definition) is 5. The van der Waals surface area contributed by atoms with Gasteiger partial charge in [0.05, 0.1) is 40.3 Å². The molecule has 16 heteroatoms. The number of rotatable bonds is 9. The number of aromatic hydroxyl groups is 2. The second-order valence-electron chi connectivity index (χ2n) is 15.7. The molecule has 61 heavy (non-hydrogen) atoms. The number of carbonyl (C=O) groups is 3. The average Bonchev–Trinajstić information content (AvgIpc) is 3.81. The molecule has 2 aliphatic rings. The van der Waals surface area contributed by atoms with Gasteiger partial charge in [0, 0.05) is 59.8 Å². The summed E-state index contributed by atoms with van der Waals surface area (Å²) >= 11 is 0. The summed E-state index contributed by atoms with van der Waals surface area (Å²) in [7, 11) is 1.63. The van der Waals surface area contributed by atoms with E-state index in [1.54, 1.807) is 61.0 Å². The second-order valence-corrected chi connectivity index (χ2v) is 15.7. The number of likely N-dealkylation sites (N-methyl/N-ethyl adjacent to an activating group) is 1. The van der Waals surface area contributed by atoms with E-state index in [4.69, 9.17) is 25.6 Å². The first-order valence-electron chi connectivity index (χ1n) is 19.9. The lowest BCUT2D eigenvalue weighted by Crippen LogP contribution is -2.44. The summed E-state index contributed by atoms with van der Waals surface area (Å²) in [5, 5.41) is 42.4. The number of hydrogen-bond acceptors (Lipinski definition) is 11. The van der Waals surface area contributed by atoms with Crippen molar-refractivity contribution in [3.05, 3.63) is 111 Å². The van der Waals surface area contributed by atoms with E-state index < -0.39 is 23.7 Å². The average molecular weight is 828 g/mol. The van der Waals surface area contributed by atoms with Crippen molar-refractivity contribution < 1.29 is 39.2 Å². The first-order valence-corrected chi connectivity index (χ1v) is 19.9. The number of aromatic nitrogens is 3. The zero-order chi connectivity index (χ0) is 43.7. The van der Waals surface area contributed by atoms with Crippen molar-refractivity contribution in [1.82, 2.24) is 19.0 Å². The smallest absolute Gasteiger partial charge is 0.415 e. The third kappa shape index (κ3) is 6.68. The number of pyridine rings is 2. The minimum atomic E-state index is -1.93. The number of ether oxygens (including phenoxy) is 2. The number of primary amides is 1. The lowest BCUT2D eigenvalue weighted by Gasteiger charge is -2.31. The first kappa shape index (κ1) is 40.6. The quantitative estimate of drug-likeness (QED) is 0.0632. The van der Waals surface area contributed by atoms with Crippen molar-refractivity contribution in [1.29, 1.82) is 5.41 Å². The summed E-state index contributed by atoms with van der Waals surface area (Å²) in [4.78, 5) is 59.7. The lowest BCUT2D eigenvalue weighted by molar-refractivity contribution is -0.172. The molecule has 0 bridgehead atoms. The number of carbonyl (C=O) groups excluding carboxylic acids is 3. The number of phenols is 2. The molecule has 3 aromatic carbocycles. The molecule has 16 nitrogen and oxygen atoms in total. The number of fused-ring (bicyclic) bond motifs is 6. The van der Waals surface area contributed by atoms with Crippen molar-refractivity contribution in [3.63, 3.8) is 0 Å². The molecular weight excluding hydrogens is 783 g/mol. The van der Waals surface area contributed by atoms with Gasteiger partial charge >= 0.3 is 18.1 Å². The molecule has 0 radical (unpaired) electrons. The number of amides is 3. The highest BCUT2D eigenvalue weighted by atomic mass is 16.6. The van der Waals surface area contributed by atoms with Gasteiger partial charge in [-0.25, -0.2) is 24.3 Å². The number of amidine groups is 1. The minimum absolute atomic E-state index is 0.0354. The van der Waals surface area contributed by atoms with Crippen molar-refractivity contribution >= 4 is 51.4 Å². The molecule has 0 aliphatic carbocycles. The van der Waals surface area contributed by atoms with E-state index >= 15 is 0 Å². The van der Waals surface area contributed by atoms with Crippen LogP contribution in [0.5, 0.6) is 17.2 Å². The van der Waals surface area contributed by atoms with E-state index in [9.17, 15) is 34.5 Å². The molecule has 5 heterocycles. The summed E-state index contributed by atoms with van der Waals surface area (Å²) in [5.41, 5.74) is 9.13. The van der Waals surface area contributed by atoms with Crippen molar-refractivity contribution in [2.45, 2.75) is 71.8 Å². The lowest BCUT2D eigenvalue weighted by atomic mass is 9.86. The van der Waals surface area contributed by atoms with Crippen LogP contribution in [0.2, 0.25) is 0 Å². The van der Waals surface area contributed by atoms with E-state index in [1.165, 1.54) is 11.0 Å². The van der Waals surface area contributed by atoms with Gasteiger partial charge in [-0.2, -0.15) is 0 Å². The molecule has 3 aromatic heterocycles. The maximum Gasteiger partial charge on any atom is 0.415 e. The number of esters is 1. The van der Waals surface area contributed by atoms with Gasteiger partial charge in [-0.3, -0.25) is 10.2 Å². The van der Waals surface area contributed by atoms with Gasteiger partial charge in [-0.1, -0.05) is 27.7 Å². The fourth-order valence-electron chi connectivity index (χ4n) is 8.39. The Balaban J connectivity index is 0.983. The van der Waals surface area contributed by atoms with Crippen molar-refractivity contribution in [2.24, 2.45) is 5.73 Å². The monoisotopic (exact) mass is 827 g/mol. The van der Waals surface area contributed by atoms with Gasteiger partial charge < -0.3 is 44.6 Å². The highest BCUT2D eigenvalue weighted by molar-refractivity contribution is 6.22.